The monoisotopic (exact) mass is 285 g/mol. The van der Waals surface area contributed by atoms with E-state index in [4.69, 9.17) is 4.74 Å². The van der Waals surface area contributed by atoms with Gasteiger partial charge >= 0.3 is 6.09 Å². The molecule has 0 bridgehead atoms. The van der Waals surface area contributed by atoms with Crippen molar-refractivity contribution in [2.24, 2.45) is 0 Å². The fourth-order valence-electron chi connectivity index (χ4n) is 2.46. The molecule has 2 aromatic carbocycles. The van der Waals surface area contributed by atoms with E-state index in [-0.39, 0.29) is 18.0 Å². The highest BCUT2D eigenvalue weighted by Crippen LogP contribution is 2.21. The molecule has 1 fully saturated rings. The van der Waals surface area contributed by atoms with E-state index in [0.29, 0.717) is 13.1 Å². The molecule has 0 N–H and O–H groups in total. The molecule has 108 valence electrons. The number of carbonyl (C=O) groups excluding carboxylic acids is 1. The van der Waals surface area contributed by atoms with Crippen LogP contribution in [0.1, 0.15) is 12.5 Å². The van der Waals surface area contributed by atoms with Gasteiger partial charge in [0, 0.05) is 6.54 Å². The summed E-state index contributed by atoms with van der Waals surface area (Å²) in [4.78, 5) is 13.3. The molecule has 0 aromatic heterocycles. The van der Waals surface area contributed by atoms with Gasteiger partial charge < -0.3 is 9.64 Å². The second kappa shape index (κ2) is 5.56. The van der Waals surface area contributed by atoms with E-state index in [1.54, 1.807) is 17.0 Å². The molecule has 4 heteroatoms. The third-order valence-electron chi connectivity index (χ3n) is 3.54. The van der Waals surface area contributed by atoms with Gasteiger partial charge in [0.05, 0.1) is 6.54 Å². The highest BCUT2D eigenvalue weighted by molar-refractivity contribution is 5.70. The fraction of sp³-hybridized carbons (Fsp3) is 0.235. The molecule has 0 radical (unpaired) electrons. The molecular weight excluding hydrogens is 269 g/mol. The number of hydrogen-bond acceptors (Lipinski definition) is 2. The van der Waals surface area contributed by atoms with Crippen molar-refractivity contribution >= 4 is 6.09 Å². The van der Waals surface area contributed by atoms with E-state index in [9.17, 15) is 9.18 Å². The molecule has 0 spiro atoms. The Bertz CT molecular complexity index is 637. The zero-order chi connectivity index (χ0) is 14.8. The number of cyclic esters (lactones) is 1. The molecule has 1 aliphatic heterocycles. The van der Waals surface area contributed by atoms with Crippen molar-refractivity contribution in [2.45, 2.75) is 19.6 Å². The number of nitrogens with zero attached hydrogens (tertiary/aromatic N) is 1. The summed E-state index contributed by atoms with van der Waals surface area (Å²) in [6.07, 6.45) is -0.305. The number of hydrogen-bond donors (Lipinski definition) is 0. The lowest BCUT2D eigenvalue weighted by molar-refractivity contribution is 0.137. The summed E-state index contributed by atoms with van der Waals surface area (Å²) in [6, 6.07) is 14.3. The van der Waals surface area contributed by atoms with Crippen molar-refractivity contribution in [1.29, 1.82) is 0 Å². The van der Waals surface area contributed by atoms with Crippen LogP contribution in [0.15, 0.2) is 48.5 Å². The number of halogens is 1. The van der Waals surface area contributed by atoms with Gasteiger partial charge in [-0.05, 0) is 35.7 Å². The summed E-state index contributed by atoms with van der Waals surface area (Å²) in [5.74, 6) is -0.239. The first-order valence-corrected chi connectivity index (χ1v) is 6.92. The highest BCUT2D eigenvalue weighted by Gasteiger charge is 2.27. The number of carbonyl (C=O) groups is 1. The Balaban J connectivity index is 1.72. The molecule has 21 heavy (non-hydrogen) atoms. The number of ether oxygens (including phenoxy) is 1. The van der Waals surface area contributed by atoms with Gasteiger partial charge in [-0.2, -0.15) is 0 Å². The number of rotatable bonds is 3. The fourth-order valence-corrected chi connectivity index (χ4v) is 2.46. The van der Waals surface area contributed by atoms with Gasteiger partial charge in [-0.15, -0.1) is 0 Å². The third-order valence-corrected chi connectivity index (χ3v) is 3.54. The predicted molar refractivity (Wildman–Crippen MR) is 78.2 cm³/mol. The van der Waals surface area contributed by atoms with Crippen LogP contribution in [0.2, 0.25) is 0 Å². The van der Waals surface area contributed by atoms with Gasteiger partial charge in [-0.3, -0.25) is 0 Å². The molecule has 2 aromatic rings. The standard InChI is InChI=1S/C17H16FNO2/c1-12-10-19(17(20)21-12)11-13-2-4-14(5-3-13)15-6-8-16(18)9-7-15/h2-9,12H,10-11H2,1H3/t12-/m0/s1. The van der Waals surface area contributed by atoms with E-state index in [1.165, 1.54) is 12.1 Å². The average molecular weight is 285 g/mol. The van der Waals surface area contributed by atoms with Crippen LogP contribution in [-0.4, -0.2) is 23.6 Å². The van der Waals surface area contributed by atoms with Crippen molar-refractivity contribution in [1.82, 2.24) is 4.90 Å². The second-order valence-corrected chi connectivity index (χ2v) is 5.28. The van der Waals surface area contributed by atoms with Gasteiger partial charge in [0.1, 0.15) is 11.9 Å². The molecule has 1 amide bonds. The summed E-state index contributed by atoms with van der Waals surface area (Å²) in [5.41, 5.74) is 3.04. The number of amides is 1. The van der Waals surface area contributed by atoms with Crippen molar-refractivity contribution in [2.75, 3.05) is 6.54 Å². The van der Waals surface area contributed by atoms with Crippen LogP contribution in [0, 0.1) is 5.82 Å². The quantitative estimate of drug-likeness (QED) is 0.857. The van der Waals surface area contributed by atoms with Crippen LogP contribution in [0.5, 0.6) is 0 Å². The van der Waals surface area contributed by atoms with E-state index in [1.807, 2.05) is 31.2 Å². The van der Waals surface area contributed by atoms with E-state index in [0.717, 1.165) is 16.7 Å². The van der Waals surface area contributed by atoms with Gasteiger partial charge in [0.15, 0.2) is 0 Å². The number of benzene rings is 2. The lowest BCUT2D eigenvalue weighted by atomic mass is 10.0. The lowest BCUT2D eigenvalue weighted by Crippen LogP contribution is -2.24. The summed E-state index contributed by atoms with van der Waals surface area (Å²) < 4.78 is 18.0. The zero-order valence-electron chi connectivity index (χ0n) is 11.8. The van der Waals surface area contributed by atoms with Gasteiger partial charge in [-0.25, -0.2) is 9.18 Å². The maximum absolute atomic E-state index is 12.9. The highest BCUT2D eigenvalue weighted by atomic mass is 19.1. The minimum Gasteiger partial charge on any atom is -0.444 e. The van der Waals surface area contributed by atoms with E-state index in [2.05, 4.69) is 0 Å². The molecule has 3 nitrogen and oxygen atoms in total. The van der Waals surface area contributed by atoms with Crippen LogP contribution in [0.25, 0.3) is 11.1 Å². The van der Waals surface area contributed by atoms with Crippen LogP contribution < -0.4 is 0 Å². The normalized spacial score (nSPS) is 17.9. The molecule has 1 aliphatic rings. The van der Waals surface area contributed by atoms with Crippen molar-refractivity contribution in [3.05, 3.63) is 59.9 Å². The van der Waals surface area contributed by atoms with Crippen LogP contribution in [0.3, 0.4) is 0 Å². The molecule has 1 saturated heterocycles. The summed E-state index contributed by atoms with van der Waals surface area (Å²) in [6.45, 7) is 3.06. The molecule has 0 aliphatic carbocycles. The minimum atomic E-state index is -0.259. The Labute approximate surface area is 123 Å². The molecule has 0 unspecified atom stereocenters. The van der Waals surface area contributed by atoms with E-state index < -0.39 is 0 Å². The average Bonchev–Trinajstić information content (AvgIpc) is 2.79. The maximum Gasteiger partial charge on any atom is 0.410 e. The van der Waals surface area contributed by atoms with Crippen molar-refractivity contribution < 1.29 is 13.9 Å². The Morgan fingerprint density at radius 2 is 1.67 bits per heavy atom. The SMILES string of the molecule is C[C@H]1CN(Cc2ccc(-c3ccc(F)cc3)cc2)C(=O)O1. The van der Waals surface area contributed by atoms with Crippen LogP contribution >= 0.6 is 0 Å². The largest absolute Gasteiger partial charge is 0.444 e. The van der Waals surface area contributed by atoms with Crippen LogP contribution in [0.4, 0.5) is 9.18 Å². The molecule has 0 saturated carbocycles. The van der Waals surface area contributed by atoms with Gasteiger partial charge in [0.25, 0.3) is 0 Å². The van der Waals surface area contributed by atoms with Crippen LogP contribution in [-0.2, 0) is 11.3 Å². The molecule has 1 heterocycles. The van der Waals surface area contributed by atoms with Crippen molar-refractivity contribution in [3.63, 3.8) is 0 Å². The Morgan fingerprint density at radius 3 is 2.19 bits per heavy atom. The second-order valence-electron chi connectivity index (χ2n) is 5.28. The maximum atomic E-state index is 12.9. The topological polar surface area (TPSA) is 29.5 Å². The van der Waals surface area contributed by atoms with Gasteiger partial charge in [-0.1, -0.05) is 36.4 Å². The Kier molecular flexibility index (Phi) is 3.60. The lowest BCUT2D eigenvalue weighted by Gasteiger charge is -2.13. The molecular formula is C17H16FNO2. The Morgan fingerprint density at radius 1 is 1.10 bits per heavy atom. The first-order chi connectivity index (χ1) is 10.1. The summed E-state index contributed by atoms with van der Waals surface area (Å²) in [7, 11) is 0. The van der Waals surface area contributed by atoms with Gasteiger partial charge in [0.2, 0.25) is 0 Å². The predicted octanol–water partition coefficient (Wildman–Crippen LogP) is 3.83. The van der Waals surface area contributed by atoms with Crippen molar-refractivity contribution in [3.8, 4) is 11.1 Å². The van der Waals surface area contributed by atoms with E-state index >= 15 is 0 Å². The first kappa shape index (κ1) is 13.6. The first-order valence-electron chi connectivity index (χ1n) is 6.92. The minimum absolute atomic E-state index is 0.0454. The summed E-state index contributed by atoms with van der Waals surface area (Å²) >= 11 is 0. The zero-order valence-corrected chi connectivity index (χ0v) is 11.8. The summed E-state index contributed by atoms with van der Waals surface area (Å²) in [5, 5.41) is 0. The smallest absolute Gasteiger partial charge is 0.410 e. The Hall–Kier alpha value is -2.36. The molecule has 1 atom stereocenters. The molecule has 3 rings (SSSR count). The third kappa shape index (κ3) is 3.05.